The predicted molar refractivity (Wildman–Crippen MR) is 103 cm³/mol. The molecule has 2 aromatic carbocycles. The van der Waals surface area contributed by atoms with Crippen molar-refractivity contribution in [2.24, 2.45) is 11.8 Å². The van der Waals surface area contributed by atoms with Gasteiger partial charge in [0.15, 0.2) is 0 Å². The largest absolute Gasteiger partial charge is 0.295 e. The molecule has 0 aliphatic carbocycles. The Labute approximate surface area is 171 Å². The molecule has 0 aromatic heterocycles. The van der Waals surface area contributed by atoms with Gasteiger partial charge in [0.1, 0.15) is 12.1 Å². The molecule has 0 unspecified atom stereocenters. The van der Waals surface area contributed by atoms with Crippen LogP contribution in [-0.4, -0.2) is 45.7 Å². The normalized spacial score (nSPS) is 35.2. The van der Waals surface area contributed by atoms with E-state index in [9.17, 15) is 19.2 Å². The Hall–Kier alpha value is -3.36. The first-order valence-electron chi connectivity index (χ1n) is 9.94. The van der Waals surface area contributed by atoms with E-state index in [1.54, 1.807) is 0 Å². The lowest BCUT2D eigenvalue weighted by Gasteiger charge is -2.33. The highest BCUT2D eigenvalue weighted by atomic mass is 16.2. The van der Waals surface area contributed by atoms with Gasteiger partial charge in [0.05, 0.1) is 23.9 Å². The summed E-state index contributed by atoms with van der Waals surface area (Å²) >= 11 is 0. The van der Waals surface area contributed by atoms with Crippen LogP contribution in [0.5, 0.6) is 0 Å². The van der Waals surface area contributed by atoms with Gasteiger partial charge in [0.2, 0.25) is 23.6 Å². The number of rotatable bonds is 2. The van der Waals surface area contributed by atoms with Gasteiger partial charge in [0, 0.05) is 0 Å². The number of hydrogen-bond donors (Lipinski definition) is 2. The topological polar surface area (TPSA) is 98.8 Å². The molecule has 4 fully saturated rings. The maximum Gasteiger partial charge on any atom is 0.246 e. The Morgan fingerprint density at radius 1 is 0.500 bits per heavy atom. The molecule has 30 heavy (non-hydrogen) atoms. The number of hydrazine groups is 1. The molecular weight excluding hydrogens is 384 g/mol. The molecule has 4 aliphatic heterocycles. The summed E-state index contributed by atoms with van der Waals surface area (Å²) in [5, 5.41) is 8.57. The van der Waals surface area contributed by atoms with E-state index in [1.165, 1.54) is 0 Å². The monoisotopic (exact) mass is 402 g/mol. The van der Waals surface area contributed by atoms with Crippen molar-refractivity contribution in [1.29, 1.82) is 0 Å². The Morgan fingerprint density at radius 2 is 0.867 bits per heavy atom. The first-order chi connectivity index (χ1) is 14.6. The fraction of sp³-hybridized carbons (Fsp3) is 0.273. The molecule has 8 heteroatoms. The number of amides is 4. The molecule has 4 saturated heterocycles. The zero-order valence-corrected chi connectivity index (χ0v) is 15.8. The second kappa shape index (κ2) is 6.07. The van der Waals surface area contributed by atoms with Crippen molar-refractivity contribution < 1.29 is 19.2 Å². The zero-order chi connectivity index (χ0) is 20.6. The van der Waals surface area contributed by atoms with E-state index < -0.39 is 36.0 Å². The number of fused-ring (bicyclic) bond motifs is 5. The molecule has 0 saturated carbocycles. The van der Waals surface area contributed by atoms with E-state index in [1.807, 2.05) is 70.7 Å². The van der Waals surface area contributed by atoms with Gasteiger partial charge in [-0.3, -0.25) is 29.8 Å². The first kappa shape index (κ1) is 17.5. The highest BCUT2D eigenvalue weighted by molar-refractivity contribution is 6.10. The minimum atomic E-state index is -0.765. The molecule has 6 rings (SSSR count). The van der Waals surface area contributed by atoms with Crippen LogP contribution in [0.25, 0.3) is 0 Å². The van der Waals surface area contributed by atoms with Crippen molar-refractivity contribution in [2.45, 2.75) is 24.2 Å². The minimum Gasteiger partial charge on any atom is -0.295 e. The van der Waals surface area contributed by atoms with Crippen LogP contribution in [0.4, 0.5) is 0 Å². The number of nitrogens with zero attached hydrogens (tertiary/aromatic N) is 2. The van der Waals surface area contributed by atoms with E-state index in [0.717, 1.165) is 11.1 Å². The Kier molecular flexibility index (Phi) is 3.54. The SMILES string of the molecule is O=C1NC(=O)[C@H]2[C@H]1[C@@H](c1ccccc1)N1[C@@H]3C(=O)NC(=O)[C@@H]3[C@@H](c3ccccc3)N21. The molecule has 2 N–H and O–H groups in total. The molecule has 150 valence electrons. The van der Waals surface area contributed by atoms with Crippen LogP contribution in [0.3, 0.4) is 0 Å². The third-order valence-electron chi connectivity index (χ3n) is 6.69. The van der Waals surface area contributed by atoms with E-state index in [-0.39, 0.29) is 23.6 Å². The second-order valence-electron chi connectivity index (χ2n) is 8.12. The number of hydrogen-bond acceptors (Lipinski definition) is 6. The van der Waals surface area contributed by atoms with E-state index in [0.29, 0.717) is 0 Å². The van der Waals surface area contributed by atoms with Crippen molar-refractivity contribution in [2.75, 3.05) is 0 Å². The summed E-state index contributed by atoms with van der Waals surface area (Å²) in [6.07, 6.45) is 0. The maximum absolute atomic E-state index is 12.9. The van der Waals surface area contributed by atoms with Gasteiger partial charge in [-0.1, -0.05) is 60.7 Å². The van der Waals surface area contributed by atoms with Crippen molar-refractivity contribution in [3.8, 4) is 0 Å². The third kappa shape index (κ3) is 2.12. The van der Waals surface area contributed by atoms with E-state index >= 15 is 0 Å². The Balaban J connectivity index is 1.58. The van der Waals surface area contributed by atoms with Crippen LogP contribution >= 0.6 is 0 Å². The van der Waals surface area contributed by atoms with Crippen LogP contribution in [-0.2, 0) is 19.2 Å². The standard InChI is InChI=1S/C22H18N4O4/c27-19-13-15(11-7-3-1-4-8-11)25-18-14(20(28)24-22(18)30)16(12-9-5-2-6-10-12)26(25)17(13)21(29)23-19/h1-10,13-18H,(H,23,27,29)(H,24,28,30)/t13-,14-,15-,16-,17-,18+/m1/s1. The van der Waals surface area contributed by atoms with Crippen molar-refractivity contribution in [3.63, 3.8) is 0 Å². The number of benzene rings is 2. The summed E-state index contributed by atoms with van der Waals surface area (Å²) in [7, 11) is 0. The van der Waals surface area contributed by atoms with Gasteiger partial charge in [-0.2, -0.15) is 0 Å². The van der Waals surface area contributed by atoms with Gasteiger partial charge < -0.3 is 0 Å². The molecule has 4 heterocycles. The average molecular weight is 402 g/mol. The van der Waals surface area contributed by atoms with E-state index in [2.05, 4.69) is 10.6 Å². The van der Waals surface area contributed by atoms with Gasteiger partial charge in [-0.05, 0) is 11.1 Å². The first-order valence-corrected chi connectivity index (χ1v) is 9.94. The molecule has 2 aromatic rings. The smallest absolute Gasteiger partial charge is 0.246 e. The molecule has 4 aliphatic rings. The minimum absolute atomic E-state index is 0.346. The van der Waals surface area contributed by atoms with Crippen molar-refractivity contribution in [3.05, 3.63) is 71.8 Å². The lowest BCUT2D eigenvalue weighted by molar-refractivity contribution is -0.139. The Morgan fingerprint density at radius 3 is 1.23 bits per heavy atom. The van der Waals surface area contributed by atoms with Crippen LogP contribution in [0.15, 0.2) is 60.7 Å². The molecule has 4 amide bonds. The Bertz CT molecular complexity index is 1000. The fourth-order valence-electron chi connectivity index (χ4n) is 5.64. The summed E-state index contributed by atoms with van der Waals surface area (Å²) < 4.78 is 0. The number of nitrogens with one attached hydrogen (secondary N) is 2. The number of carbonyl (C=O) groups excluding carboxylic acids is 4. The number of imide groups is 2. The third-order valence-corrected chi connectivity index (χ3v) is 6.69. The highest BCUT2D eigenvalue weighted by Gasteiger charge is 2.71. The summed E-state index contributed by atoms with van der Waals surface area (Å²) in [6, 6.07) is 16.2. The summed E-state index contributed by atoms with van der Waals surface area (Å²) in [4.78, 5) is 51.3. The average Bonchev–Trinajstić information content (AvgIpc) is 3.43. The summed E-state index contributed by atoms with van der Waals surface area (Å²) in [5.74, 6) is -2.78. The zero-order valence-electron chi connectivity index (χ0n) is 15.8. The van der Waals surface area contributed by atoms with Gasteiger partial charge in [-0.25, -0.2) is 10.0 Å². The number of carbonyl (C=O) groups is 4. The lowest BCUT2D eigenvalue weighted by atomic mass is 9.84. The molecule has 6 atom stereocenters. The van der Waals surface area contributed by atoms with Gasteiger partial charge in [-0.15, -0.1) is 0 Å². The molecular formula is C22H18N4O4. The maximum atomic E-state index is 12.9. The quantitative estimate of drug-likeness (QED) is 0.701. The van der Waals surface area contributed by atoms with Crippen molar-refractivity contribution in [1.82, 2.24) is 20.7 Å². The van der Waals surface area contributed by atoms with E-state index in [4.69, 9.17) is 0 Å². The molecule has 8 nitrogen and oxygen atoms in total. The molecule has 0 radical (unpaired) electrons. The van der Waals surface area contributed by atoms with Crippen molar-refractivity contribution >= 4 is 23.6 Å². The van der Waals surface area contributed by atoms with Crippen LogP contribution < -0.4 is 10.6 Å². The summed E-state index contributed by atoms with van der Waals surface area (Å²) in [6.45, 7) is 0. The molecule has 0 spiro atoms. The van der Waals surface area contributed by atoms with Gasteiger partial charge >= 0.3 is 0 Å². The molecule has 0 bridgehead atoms. The lowest BCUT2D eigenvalue weighted by Crippen LogP contribution is -2.48. The van der Waals surface area contributed by atoms with Crippen LogP contribution in [0, 0.1) is 11.8 Å². The fourth-order valence-corrected chi connectivity index (χ4v) is 5.64. The van der Waals surface area contributed by atoms with Gasteiger partial charge in [0.25, 0.3) is 0 Å². The predicted octanol–water partition coefficient (Wildman–Crippen LogP) is 0.298. The van der Waals surface area contributed by atoms with Crippen LogP contribution in [0.2, 0.25) is 0 Å². The van der Waals surface area contributed by atoms with Crippen LogP contribution in [0.1, 0.15) is 23.2 Å². The summed E-state index contributed by atoms with van der Waals surface area (Å²) in [5.41, 5.74) is 1.67. The second-order valence-corrected chi connectivity index (χ2v) is 8.12. The highest BCUT2D eigenvalue weighted by Crippen LogP contribution is 2.56.